The molecule has 0 radical (unpaired) electrons. The van der Waals surface area contributed by atoms with Crippen molar-refractivity contribution in [1.29, 1.82) is 0 Å². The second-order valence-corrected chi connectivity index (χ2v) is 7.04. The third-order valence-electron chi connectivity index (χ3n) is 4.88. The largest absolute Gasteiger partial charge is 0.494 e. The summed E-state index contributed by atoms with van der Waals surface area (Å²) in [6, 6.07) is 5.46. The fraction of sp³-hybridized carbons (Fsp3) is 0.286. The zero-order valence-corrected chi connectivity index (χ0v) is 17.2. The second kappa shape index (κ2) is 7.68. The van der Waals surface area contributed by atoms with E-state index in [0.717, 1.165) is 11.3 Å². The fourth-order valence-corrected chi connectivity index (χ4v) is 3.49. The summed E-state index contributed by atoms with van der Waals surface area (Å²) >= 11 is 0. The molecule has 30 heavy (non-hydrogen) atoms. The van der Waals surface area contributed by atoms with E-state index in [2.05, 4.69) is 10.1 Å². The number of rotatable bonds is 6. The van der Waals surface area contributed by atoms with Crippen molar-refractivity contribution in [1.82, 2.24) is 24.3 Å². The molecule has 4 aromatic heterocycles. The zero-order valence-electron chi connectivity index (χ0n) is 17.2. The lowest BCUT2D eigenvalue weighted by Crippen LogP contribution is -2.11. The maximum Gasteiger partial charge on any atom is 0.256 e. The van der Waals surface area contributed by atoms with E-state index in [0.29, 0.717) is 40.5 Å². The molecule has 9 heteroatoms. The van der Waals surface area contributed by atoms with Crippen molar-refractivity contribution in [2.75, 3.05) is 14.2 Å². The molecule has 0 saturated carbocycles. The summed E-state index contributed by atoms with van der Waals surface area (Å²) in [6.45, 7) is 3.95. The molecule has 0 saturated heterocycles. The summed E-state index contributed by atoms with van der Waals surface area (Å²) in [5.41, 5.74) is 3.60. The molecule has 1 atom stereocenters. The van der Waals surface area contributed by atoms with Crippen LogP contribution in [0.5, 0.6) is 17.5 Å². The Labute approximate surface area is 173 Å². The van der Waals surface area contributed by atoms with Gasteiger partial charge in [0, 0.05) is 23.7 Å². The molecule has 0 amide bonds. The SMILES string of the molecule is COc1cc(-c2ccc3c(O)n(-c4cnn(CC(C)O)c4)c(C)c3n2)cnc1OC. The molecule has 1 unspecified atom stereocenters. The summed E-state index contributed by atoms with van der Waals surface area (Å²) in [6.07, 6.45) is 4.57. The first-order chi connectivity index (χ1) is 14.4. The third-order valence-corrected chi connectivity index (χ3v) is 4.88. The van der Waals surface area contributed by atoms with Gasteiger partial charge in [0.1, 0.15) is 0 Å². The molecule has 4 aromatic rings. The molecule has 156 valence electrons. The van der Waals surface area contributed by atoms with Gasteiger partial charge in [0.25, 0.3) is 5.88 Å². The predicted molar refractivity (Wildman–Crippen MR) is 111 cm³/mol. The Balaban J connectivity index is 1.79. The normalized spacial score (nSPS) is 12.3. The summed E-state index contributed by atoms with van der Waals surface area (Å²) in [4.78, 5) is 9.02. The summed E-state index contributed by atoms with van der Waals surface area (Å²) < 4.78 is 13.9. The minimum Gasteiger partial charge on any atom is -0.494 e. The molecule has 0 aliphatic rings. The first kappa shape index (κ1) is 19.7. The Bertz CT molecular complexity index is 1210. The van der Waals surface area contributed by atoms with Crippen LogP contribution in [0, 0.1) is 6.92 Å². The van der Waals surface area contributed by atoms with Gasteiger partial charge >= 0.3 is 0 Å². The van der Waals surface area contributed by atoms with Crippen molar-refractivity contribution in [2.45, 2.75) is 26.5 Å². The lowest BCUT2D eigenvalue weighted by Gasteiger charge is -2.08. The molecule has 9 nitrogen and oxygen atoms in total. The van der Waals surface area contributed by atoms with Crippen LogP contribution in [0.2, 0.25) is 0 Å². The molecule has 0 aromatic carbocycles. The van der Waals surface area contributed by atoms with Gasteiger partial charge in [-0.25, -0.2) is 9.97 Å². The number of nitrogens with zero attached hydrogens (tertiary/aromatic N) is 5. The lowest BCUT2D eigenvalue weighted by molar-refractivity contribution is 0.168. The lowest BCUT2D eigenvalue weighted by atomic mass is 10.1. The second-order valence-electron chi connectivity index (χ2n) is 7.04. The van der Waals surface area contributed by atoms with Gasteiger partial charge in [-0.15, -0.1) is 0 Å². The topological polar surface area (TPSA) is 107 Å². The van der Waals surface area contributed by atoms with Gasteiger partial charge in [-0.05, 0) is 32.0 Å². The van der Waals surface area contributed by atoms with E-state index < -0.39 is 6.10 Å². The van der Waals surface area contributed by atoms with E-state index in [1.807, 2.05) is 25.1 Å². The van der Waals surface area contributed by atoms with Gasteiger partial charge in [0.2, 0.25) is 5.88 Å². The maximum absolute atomic E-state index is 10.8. The number of aliphatic hydroxyl groups is 1. The van der Waals surface area contributed by atoms with Crippen LogP contribution in [0.1, 0.15) is 12.6 Å². The Morgan fingerprint density at radius 1 is 1.17 bits per heavy atom. The average Bonchev–Trinajstić information content (AvgIpc) is 3.28. The number of aryl methyl sites for hydroxylation is 1. The zero-order chi connectivity index (χ0) is 21.4. The molecule has 2 N–H and O–H groups in total. The van der Waals surface area contributed by atoms with Gasteiger partial charge in [0.05, 0.1) is 55.3 Å². The average molecular weight is 409 g/mol. The monoisotopic (exact) mass is 409 g/mol. The van der Waals surface area contributed by atoms with Crippen LogP contribution in [-0.2, 0) is 6.54 Å². The van der Waals surface area contributed by atoms with Crippen molar-refractivity contribution < 1.29 is 19.7 Å². The van der Waals surface area contributed by atoms with Crippen LogP contribution < -0.4 is 9.47 Å². The Morgan fingerprint density at radius 3 is 2.67 bits per heavy atom. The number of hydrogen-bond acceptors (Lipinski definition) is 7. The standard InChI is InChI=1S/C21H23N5O4/c1-12(27)10-25-11-15(9-23-25)26-13(2)19-16(21(26)28)5-6-17(24-19)14-7-18(29-3)20(30-4)22-8-14/h5-9,11-12,27-28H,10H2,1-4H3. The van der Waals surface area contributed by atoms with Crippen LogP contribution in [0.4, 0.5) is 0 Å². The molecular weight excluding hydrogens is 386 g/mol. The van der Waals surface area contributed by atoms with Crippen molar-refractivity contribution in [3.63, 3.8) is 0 Å². The quantitative estimate of drug-likeness (QED) is 0.504. The molecule has 0 bridgehead atoms. The highest BCUT2D eigenvalue weighted by molar-refractivity contribution is 5.90. The number of fused-ring (bicyclic) bond motifs is 1. The highest BCUT2D eigenvalue weighted by atomic mass is 16.5. The molecule has 4 rings (SSSR count). The first-order valence-electron chi connectivity index (χ1n) is 9.43. The van der Waals surface area contributed by atoms with E-state index in [1.54, 1.807) is 41.9 Å². The molecule has 0 fully saturated rings. The number of pyridine rings is 2. The van der Waals surface area contributed by atoms with Crippen LogP contribution in [-0.4, -0.2) is 54.9 Å². The van der Waals surface area contributed by atoms with Gasteiger partial charge in [-0.2, -0.15) is 5.10 Å². The van der Waals surface area contributed by atoms with E-state index in [-0.39, 0.29) is 5.88 Å². The number of methoxy groups -OCH3 is 2. The Morgan fingerprint density at radius 2 is 1.97 bits per heavy atom. The van der Waals surface area contributed by atoms with Crippen LogP contribution in [0.15, 0.2) is 36.8 Å². The fourth-order valence-electron chi connectivity index (χ4n) is 3.49. The third kappa shape index (κ3) is 3.33. The highest BCUT2D eigenvalue weighted by Crippen LogP contribution is 2.35. The molecule has 0 aliphatic heterocycles. The molecule has 0 aliphatic carbocycles. The number of ether oxygens (including phenoxy) is 2. The van der Waals surface area contributed by atoms with Crippen molar-refractivity contribution in [3.05, 3.63) is 42.5 Å². The van der Waals surface area contributed by atoms with Gasteiger partial charge in [-0.3, -0.25) is 9.25 Å². The molecular formula is C21H23N5O4. The van der Waals surface area contributed by atoms with Gasteiger partial charge in [0.15, 0.2) is 5.75 Å². The van der Waals surface area contributed by atoms with E-state index in [1.165, 1.54) is 7.11 Å². The van der Waals surface area contributed by atoms with Gasteiger partial charge < -0.3 is 19.7 Å². The van der Waals surface area contributed by atoms with E-state index in [4.69, 9.17) is 14.5 Å². The molecule has 4 heterocycles. The smallest absolute Gasteiger partial charge is 0.256 e. The van der Waals surface area contributed by atoms with Crippen LogP contribution in [0.3, 0.4) is 0 Å². The Kier molecular flexibility index (Phi) is 5.04. The summed E-state index contributed by atoms with van der Waals surface area (Å²) in [5, 5.41) is 25.3. The Hall–Kier alpha value is -3.59. The minimum absolute atomic E-state index is 0.0867. The highest BCUT2D eigenvalue weighted by Gasteiger charge is 2.19. The van der Waals surface area contributed by atoms with Crippen molar-refractivity contribution in [3.8, 4) is 34.5 Å². The molecule has 0 spiro atoms. The number of aliphatic hydroxyl groups excluding tert-OH is 1. The summed E-state index contributed by atoms with van der Waals surface area (Å²) in [5.74, 6) is 1.000. The van der Waals surface area contributed by atoms with Gasteiger partial charge in [-0.1, -0.05) is 0 Å². The maximum atomic E-state index is 10.8. The number of aromatic nitrogens is 5. The van der Waals surface area contributed by atoms with E-state index >= 15 is 0 Å². The summed E-state index contributed by atoms with van der Waals surface area (Å²) in [7, 11) is 3.09. The minimum atomic E-state index is -0.518. The predicted octanol–water partition coefficient (Wildman–Crippen LogP) is 2.70. The van der Waals surface area contributed by atoms with E-state index in [9.17, 15) is 10.2 Å². The number of hydrogen-bond donors (Lipinski definition) is 2. The van der Waals surface area contributed by atoms with Crippen LogP contribution >= 0.6 is 0 Å². The first-order valence-corrected chi connectivity index (χ1v) is 9.43. The van der Waals surface area contributed by atoms with Crippen LogP contribution in [0.25, 0.3) is 27.8 Å². The van der Waals surface area contributed by atoms with Crippen molar-refractivity contribution in [2.24, 2.45) is 0 Å². The van der Waals surface area contributed by atoms with Crippen molar-refractivity contribution >= 4 is 10.9 Å². The number of aromatic hydroxyl groups is 1.